The van der Waals surface area contributed by atoms with Crippen LogP contribution in [0.5, 0.6) is 5.75 Å². The maximum atomic E-state index is 12.0. The molecule has 0 unspecified atom stereocenters. The number of hydrogen-bond acceptors (Lipinski definition) is 4. The largest absolute Gasteiger partial charge is 0.490 e. The second-order valence-corrected chi connectivity index (χ2v) is 5.78. The molecule has 0 aliphatic heterocycles. The number of ether oxygens (including phenoxy) is 1. The summed E-state index contributed by atoms with van der Waals surface area (Å²) >= 11 is 5.97. The molecule has 1 saturated carbocycles. The van der Waals surface area contributed by atoms with E-state index >= 15 is 0 Å². The molecule has 1 aromatic heterocycles. The molecule has 1 heterocycles. The summed E-state index contributed by atoms with van der Waals surface area (Å²) in [6.45, 7) is 0. The molecule has 1 fully saturated rings. The first kappa shape index (κ1) is 15.3. The maximum absolute atomic E-state index is 12.0. The first-order valence-electron chi connectivity index (χ1n) is 7.23. The Morgan fingerprint density at radius 1 is 1.39 bits per heavy atom. The molecule has 1 aromatic carbocycles. The van der Waals surface area contributed by atoms with E-state index in [1.807, 2.05) is 6.07 Å². The standard InChI is InChI=1S/C17H14ClN3O2/c18-16-8-14(4-3-11(16)9-19)23-15-6-13(7-15)21-17(22)12-2-1-5-20-10-12/h1-5,8,10,13,15H,6-7H2,(H,21,22). The highest BCUT2D eigenvalue weighted by molar-refractivity contribution is 6.31. The molecule has 6 heteroatoms. The van der Waals surface area contributed by atoms with Crippen molar-refractivity contribution in [2.45, 2.75) is 25.0 Å². The molecule has 0 saturated heterocycles. The van der Waals surface area contributed by atoms with Crippen molar-refractivity contribution in [3.8, 4) is 11.8 Å². The molecule has 0 spiro atoms. The van der Waals surface area contributed by atoms with Crippen molar-refractivity contribution in [2.75, 3.05) is 0 Å². The van der Waals surface area contributed by atoms with Crippen LogP contribution in [0.2, 0.25) is 5.02 Å². The van der Waals surface area contributed by atoms with Crippen molar-refractivity contribution in [2.24, 2.45) is 0 Å². The van der Waals surface area contributed by atoms with E-state index in [2.05, 4.69) is 10.3 Å². The van der Waals surface area contributed by atoms with Gasteiger partial charge >= 0.3 is 0 Å². The number of hydrogen-bond donors (Lipinski definition) is 1. The fraction of sp³-hybridized carbons (Fsp3) is 0.235. The highest BCUT2D eigenvalue weighted by atomic mass is 35.5. The van der Waals surface area contributed by atoms with E-state index in [0.717, 1.165) is 12.8 Å². The van der Waals surface area contributed by atoms with Gasteiger partial charge in [0.05, 0.1) is 16.1 Å². The van der Waals surface area contributed by atoms with Crippen molar-refractivity contribution >= 4 is 17.5 Å². The van der Waals surface area contributed by atoms with E-state index in [4.69, 9.17) is 21.6 Å². The number of nitrogens with zero attached hydrogens (tertiary/aromatic N) is 2. The molecule has 1 aliphatic carbocycles. The molecule has 1 N–H and O–H groups in total. The lowest BCUT2D eigenvalue weighted by atomic mass is 9.89. The number of aromatic nitrogens is 1. The third-order valence-corrected chi connectivity index (χ3v) is 4.03. The van der Waals surface area contributed by atoms with Gasteiger partial charge in [-0.05, 0) is 24.3 Å². The van der Waals surface area contributed by atoms with Crippen LogP contribution in [0.25, 0.3) is 0 Å². The summed E-state index contributed by atoms with van der Waals surface area (Å²) in [5.41, 5.74) is 0.977. The smallest absolute Gasteiger partial charge is 0.253 e. The van der Waals surface area contributed by atoms with E-state index < -0.39 is 0 Å². The Balaban J connectivity index is 1.49. The van der Waals surface area contributed by atoms with Crippen molar-refractivity contribution in [3.05, 3.63) is 58.9 Å². The van der Waals surface area contributed by atoms with Crippen LogP contribution in [0, 0.1) is 11.3 Å². The van der Waals surface area contributed by atoms with Gasteiger partial charge in [-0.15, -0.1) is 0 Å². The van der Waals surface area contributed by atoms with Crippen LogP contribution in [0.1, 0.15) is 28.8 Å². The average Bonchev–Trinajstić information content (AvgIpc) is 2.53. The summed E-state index contributed by atoms with van der Waals surface area (Å²) in [7, 11) is 0. The number of benzene rings is 1. The Kier molecular flexibility index (Phi) is 4.45. The van der Waals surface area contributed by atoms with Crippen LogP contribution in [-0.2, 0) is 0 Å². The van der Waals surface area contributed by atoms with E-state index in [9.17, 15) is 4.79 Å². The molecule has 0 bridgehead atoms. The van der Waals surface area contributed by atoms with E-state index in [0.29, 0.717) is 21.9 Å². The molecule has 1 aliphatic rings. The van der Waals surface area contributed by atoms with Gasteiger partial charge in [-0.3, -0.25) is 9.78 Å². The molecule has 3 rings (SSSR count). The Labute approximate surface area is 138 Å². The number of nitriles is 1. The fourth-order valence-corrected chi connectivity index (χ4v) is 2.61. The van der Waals surface area contributed by atoms with Gasteiger partial charge in [0.2, 0.25) is 0 Å². The third-order valence-electron chi connectivity index (χ3n) is 3.72. The zero-order valence-corrected chi connectivity index (χ0v) is 13.0. The molecule has 1 amide bonds. The zero-order valence-electron chi connectivity index (χ0n) is 12.2. The highest BCUT2D eigenvalue weighted by Crippen LogP contribution is 2.28. The van der Waals surface area contributed by atoms with E-state index in [1.165, 1.54) is 0 Å². The fourth-order valence-electron chi connectivity index (χ4n) is 2.40. The molecule has 116 valence electrons. The minimum atomic E-state index is -0.122. The van der Waals surface area contributed by atoms with Gasteiger partial charge < -0.3 is 10.1 Å². The van der Waals surface area contributed by atoms with Crippen molar-refractivity contribution < 1.29 is 9.53 Å². The summed E-state index contributed by atoms with van der Waals surface area (Å²) in [6, 6.07) is 10.6. The van der Waals surface area contributed by atoms with Crippen LogP contribution in [0.4, 0.5) is 0 Å². The molecular weight excluding hydrogens is 314 g/mol. The third kappa shape index (κ3) is 3.61. The SMILES string of the molecule is N#Cc1ccc(OC2CC(NC(=O)c3cccnc3)C2)cc1Cl. The van der Waals surface area contributed by atoms with Gasteiger partial charge in [-0.25, -0.2) is 0 Å². The quantitative estimate of drug-likeness (QED) is 0.936. The molecule has 2 aromatic rings. The number of amides is 1. The minimum Gasteiger partial charge on any atom is -0.490 e. The lowest BCUT2D eigenvalue weighted by Gasteiger charge is -2.35. The predicted molar refractivity (Wildman–Crippen MR) is 85.3 cm³/mol. The van der Waals surface area contributed by atoms with Gasteiger partial charge in [0.1, 0.15) is 17.9 Å². The molecular formula is C17H14ClN3O2. The number of rotatable bonds is 4. The lowest BCUT2D eigenvalue weighted by molar-refractivity contribution is 0.0701. The van der Waals surface area contributed by atoms with Gasteiger partial charge in [0, 0.05) is 37.3 Å². The molecule has 0 atom stereocenters. The van der Waals surface area contributed by atoms with E-state index in [-0.39, 0.29) is 18.1 Å². The minimum absolute atomic E-state index is 0.0400. The number of pyridine rings is 1. The maximum Gasteiger partial charge on any atom is 0.253 e. The van der Waals surface area contributed by atoms with Gasteiger partial charge in [0.15, 0.2) is 0 Å². The number of halogens is 1. The number of nitrogens with one attached hydrogen (secondary N) is 1. The normalized spacial score (nSPS) is 19.3. The van der Waals surface area contributed by atoms with Crippen molar-refractivity contribution in [3.63, 3.8) is 0 Å². The Hall–Kier alpha value is -2.58. The van der Waals surface area contributed by atoms with Gasteiger partial charge in [-0.1, -0.05) is 11.6 Å². The first-order valence-corrected chi connectivity index (χ1v) is 7.60. The Bertz CT molecular complexity index is 752. The molecule has 5 nitrogen and oxygen atoms in total. The van der Waals surface area contributed by atoms with Crippen molar-refractivity contribution in [1.82, 2.24) is 10.3 Å². The Morgan fingerprint density at radius 2 is 2.22 bits per heavy atom. The van der Waals surface area contributed by atoms with Gasteiger partial charge in [0.25, 0.3) is 5.91 Å². The molecule has 0 radical (unpaired) electrons. The summed E-state index contributed by atoms with van der Waals surface area (Å²) in [5.74, 6) is 0.513. The van der Waals surface area contributed by atoms with Crippen molar-refractivity contribution in [1.29, 1.82) is 5.26 Å². The summed E-state index contributed by atoms with van der Waals surface area (Å²) in [6.07, 6.45) is 4.69. The first-order chi connectivity index (χ1) is 11.2. The predicted octanol–water partition coefficient (Wildman–Crippen LogP) is 2.95. The van der Waals surface area contributed by atoms with Crippen LogP contribution in [0.15, 0.2) is 42.7 Å². The van der Waals surface area contributed by atoms with Crippen LogP contribution < -0.4 is 10.1 Å². The summed E-state index contributed by atoms with van der Waals surface area (Å²) < 4.78 is 5.79. The van der Waals surface area contributed by atoms with Crippen LogP contribution in [0.3, 0.4) is 0 Å². The van der Waals surface area contributed by atoms with Crippen LogP contribution >= 0.6 is 11.6 Å². The average molecular weight is 328 g/mol. The molecule has 23 heavy (non-hydrogen) atoms. The zero-order chi connectivity index (χ0) is 16.2. The second-order valence-electron chi connectivity index (χ2n) is 5.38. The Morgan fingerprint density at radius 3 is 2.87 bits per heavy atom. The summed E-state index contributed by atoms with van der Waals surface area (Å²) in [5, 5.41) is 12.2. The topological polar surface area (TPSA) is 75.0 Å². The highest BCUT2D eigenvalue weighted by Gasteiger charge is 2.32. The monoisotopic (exact) mass is 327 g/mol. The number of carbonyl (C=O) groups excluding carboxylic acids is 1. The second kappa shape index (κ2) is 6.67. The number of carbonyl (C=O) groups is 1. The van der Waals surface area contributed by atoms with Crippen LogP contribution in [-0.4, -0.2) is 23.0 Å². The summed E-state index contributed by atoms with van der Waals surface area (Å²) in [4.78, 5) is 15.9. The lowest BCUT2D eigenvalue weighted by Crippen LogP contribution is -2.49. The van der Waals surface area contributed by atoms with E-state index in [1.54, 1.807) is 42.7 Å². The van der Waals surface area contributed by atoms with Gasteiger partial charge in [-0.2, -0.15) is 5.26 Å².